The fraction of sp³-hybridized carbons (Fsp3) is 0.250. The zero-order chi connectivity index (χ0) is 13.8. The van der Waals surface area contributed by atoms with Crippen molar-refractivity contribution in [1.82, 2.24) is 0 Å². The Morgan fingerprint density at radius 2 is 1.84 bits per heavy atom. The van der Waals surface area contributed by atoms with Crippen LogP contribution in [0.5, 0.6) is 5.75 Å². The molecule has 19 heavy (non-hydrogen) atoms. The van der Waals surface area contributed by atoms with Gasteiger partial charge in [-0.1, -0.05) is 30.3 Å². The molecule has 1 unspecified atom stereocenters. The lowest BCUT2D eigenvalue weighted by atomic mass is 10.0. The lowest BCUT2D eigenvalue weighted by molar-refractivity contribution is 0.211. The molecule has 0 heterocycles. The van der Waals surface area contributed by atoms with E-state index in [2.05, 4.69) is 0 Å². The Hall–Kier alpha value is -1.87. The summed E-state index contributed by atoms with van der Waals surface area (Å²) in [5.41, 5.74) is 8.84. The van der Waals surface area contributed by atoms with E-state index >= 15 is 0 Å². The lowest BCUT2D eigenvalue weighted by Crippen LogP contribution is -2.19. The normalized spacial score (nSPS) is 12.2. The van der Waals surface area contributed by atoms with E-state index in [9.17, 15) is 4.39 Å². The topological polar surface area (TPSA) is 35.2 Å². The van der Waals surface area contributed by atoms with Gasteiger partial charge in [0, 0.05) is 12.6 Å². The smallest absolute Gasteiger partial charge is 0.136 e. The lowest BCUT2D eigenvalue weighted by Gasteiger charge is -2.21. The highest BCUT2D eigenvalue weighted by Crippen LogP contribution is 2.26. The maximum absolute atomic E-state index is 13.3. The minimum atomic E-state index is -0.304. The summed E-state index contributed by atoms with van der Waals surface area (Å²) in [4.78, 5) is 0. The first-order valence-electron chi connectivity index (χ1n) is 6.30. The maximum Gasteiger partial charge on any atom is 0.136 e. The van der Waals surface area contributed by atoms with Crippen molar-refractivity contribution >= 4 is 0 Å². The second-order valence-electron chi connectivity index (χ2n) is 4.61. The molecule has 3 heteroatoms. The van der Waals surface area contributed by atoms with Gasteiger partial charge in [0.25, 0.3) is 0 Å². The summed E-state index contributed by atoms with van der Waals surface area (Å²) < 4.78 is 19.1. The third kappa shape index (κ3) is 3.12. The van der Waals surface area contributed by atoms with Crippen LogP contribution in [0.25, 0.3) is 0 Å². The Morgan fingerprint density at radius 1 is 1.11 bits per heavy atom. The minimum Gasteiger partial charge on any atom is -0.484 e. The molecule has 0 spiro atoms. The molecule has 0 fully saturated rings. The van der Waals surface area contributed by atoms with Gasteiger partial charge in [0.2, 0.25) is 0 Å². The summed E-state index contributed by atoms with van der Waals surface area (Å²) in [7, 11) is 0. The molecule has 0 amide bonds. The van der Waals surface area contributed by atoms with Crippen molar-refractivity contribution in [3.63, 3.8) is 0 Å². The van der Waals surface area contributed by atoms with E-state index in [1.54, 1.807) is 6.07 Å². The second-order valence-corrected chi connectivity index (χ2v) is 4.61. The van der Waals surface area contributed by atoms with Crippen molar-refractivity contribution in [2.24, 2.45) is 5.73 Å². The summed E-state index contributed by atoms with van der Waals surface area (Å²) in [5.74, 6) is 0.236. The first-order chi connectivity index (χ1) is 9.11. The molecule has 0 aliphatic carbocycles. The number of ether oxygens (including phenoxy) is 1. The van der Waals surface area contributed by atoms with E-state index in [1.165, 1.54) is 12.1 Å². The third-order valence-corrected chi connectivity index (χ3v) is 3.17. The molecule has 0 radical (unpaired) electrons. The fourth-order valence-electron chi connectivity index (χ4n) is 2.04. The monoisotopic (exact) mass is 259 g/mol. The van der Waals surface area contributed by atoms with Crippen LogP contribution in [0.15, 0.2) is 42.5 Å². The molecule has 0 bridgehead atoms. The largest absolute Gasteiger partial charge is 0.484 e. The Balaban J connectivity index is 2.29. The van der Waals surface area contributed by atoms with Crippen molar-refractivity contribution in [1.29, 1.82) is 0 Å². The van der Waals surface area contributed by atoms with Gasteiger partial charge in [-0.3, -0.25) is 0 Å². The van der Waals surface area contributed by atoms with Gasteiger partial charge in [-0.2, -0.15) is 0 Å². The van der Waals surface area contributed by atoms with Gasteiger partial charge in [0.1, 0.15) is 17.7 Å². The van der Waals surface area contributed by atoms with E-state index in [4.69, 9.17) is 10.5 Å². The van der Waals surface area contributed by atoms with Crippen molar-refractivity contribution in [2.75, 3.05) is 6.54 Å². The summed E-state index contributed by atoms with van der Waals surface area (Å²) in [5, 5.41) is 0. The highest BCUT2D eigenvalue weighted by molar-refractivity contribution is 5.35. The minimum absolute atomic E-state index is 0.262. The van der Waals surface area contributed by atoms with E-state index in [0.717, 1.165) is 16.7 Å². The average Bonchev–Trinajstić information content (AvgIpc) is 2.41. The molecular weight excluding hydrogens is 241 g/mol. The standard InChI is InChI=1S/C16H18FNO/c1-11-5-3-4-6-14(11)16(10-18)19-15-9-13(17)8-7-12(15)2/h3-9,16H,10,18H2,1-2H3. The van der Waals surface area contributed by atoms with Gasteiger partial charge < -0.3 is 10.5 Å². The molecule has 2 nitrogen and oxygen atoms in total. The maximum atomic E-state index is 13.3. The predicted molar refractivity (Wildman–Crippen MR) is 74.7 cm³/mol. The Morgan fingerprint density at radius 3 is 2.53 bits per heavy atom. The molecule has 1 atom stereocenters. The van der Waals surface area contributed by atoms with Crippen LogP contribution in [-0.4, -0.2) is 6.54 Å². The Kier molecular flexibility index (Phi) is 4.17. The molecular formula is C16H18FNO. The van der Waals surface area contributed by atoms with Crippen LogP contribution in [0.1, 0.15) is 22.8 Å². The van der Waals surface area contributed by atoms with Gasteiger partial charge >= 0.3 is 0 Å². The first-order valence-corrected chi connectivity index (χ1v) is 6.30. The quantitative estimate of drug-likeness (QED) is 0.911. The molecule has 0 saturated carbocycles. The number of nitrogens with two attached hydrogens (primary N) is 1. The van der Waals surface area contributed by atoms with Crippen molar-refractivity contribution < 1.29 is 9.13 Å². The summed E-state index contributed by atoms with van der Waals surface area (Å²) in [6.07, 6.45) is -0.262. The predicted octanol–water partition coefficient (Wildman–Crippen LogP) is 3.52. The molecule has 2 rings (SSSR count). The van der Waals surface area contributed by atoms with Crippen LogP contribution >= 0.6 is 0 Å². The van der Waals surface area contributed by atoms with Gasteiger partial charge in [0.15, 0.2) is 0 Å². The van der Waals surface area contributed by atoms with Gasteiger partial charge in [0.05, 0.1) is 0 Å². The third-order valence-electron chi connectivity index (χ3n) is 3.17. The van der Waals surface area contributed by atoms with Crippen molar-refractivity contribution in [3.8, 4) is 5.75 Å². The number of rotatable bonds is 4. The zero-order valence-corrected chi connectivity index (χ0v) is 11.2. The first kappa shape index (κ1) is 13.6. The van der Waals surface area contributed by atoms with Gasteiger partial charge in [-0.25, -0.2) is 4.39 Å². The van der Waals surface area contributed by atoms with Crippen LogP contribution in [0.4, 0.5) is 4.39 Å². The number of hydrogen-bond acceptors (Lipinski definition) is 2. The van der Waals surface area contributed by atoms with Gasteiger partial charge in [-0.05, 0) is 36.6 Å². The van der Waals surface area contributed by atoms with E-state index in [1.807, 2.05) is 38.1 Å². The molecule has 0 aliphatic rings. The molecule has 0 aromatic heterocycles. The van der Waals surface area contributed by atoms with E-state index in [0.29, 0.717) is 12.3 Å². The highest BCUT2D eigenvalue weighted by atomic mass is 19.1. The van der Waals surface area contributed by atoms with Crippen LogP contribution in [0.2, 0.25) is 0 Å². The number of aryl methyl sites for hydroxylation is 2. The average molecular weight is 259 g/mol. The van der Waals surface area contributed by atoms with Crippen LogP contribution in [-0.2, 0) is 0 Å². The van der Waals surface area contributed by atoms with Crippen molar-refractivity contribution in [2.45, 2.75) is 20.0 Å². The fourth-order valence-corrected chi connectivity index (χ4v) is 2.04. The summed E-state index contributed by atoms with van der Waals surface area (Å²) >= 11 is 0. The van der Waals surface area contributed by atoms with Crippen LogP contribution < -0.4 is 10.5 Å². The number of halogens is 1. The van der Waals surface area contributed by atoms with Crippen LogP contribution in [0, 0.1) is 19.7 Å². The highest BCUT2D eigenvalue weighted by Gasteiger charge is 2.15. The Bertz CT molecular complexity index is 568. The molecule has 0 saturated heterocycles. The molecule has 2 aromatic carbocycles. The molecule has 0 aliphatic heterocycles. The Labute approximate surface area is 113 Å². The zero-order valence-electron chi connectivity index (χ0n) is 11.2. The van der Waals surface area contributed by atoms with Crippen LogP contribution in [0.3, 0.4) is 0 Å². The van der Waals surface area contributed by atoms with Crippen molar-refractivity contribution in [3.05, 3.63) is 65.0 Å². The molecule has 2 N–H and O–H groups in total. The number of hydrogen-bond donors (Lipinski definition) is 1. The molecule has 100 valence electrons. The SMILES string of the molecule is Cc1ccc(F)cc1OC(CN)c1ccccc1C. The molecule has 2 aromatic rings. The summed E-state index contributed by atoms with van der Waals surface area (Å²) in [6, 6.07) is 12.5. The second kappa shape index (κ2) is 5.85. The van der Waals surface area contributed by atoms with E-state index < -0.39 is 0 Å². The number of benzene rings is 2. The summed E-state index contributed by atoms with van der Waals surface area (Å²) in [6.45, 7) is 4.25. The van der Waals surface area contributed by atoms with Gasteiger partial charge in [-0.15, -0.1) is 0 Å². The van der Waals surface area contributed by atoms with E-state index in [-0.39, 0.29) is 11.9 Å².